The maximum Gasteiger partial charge on any atom is 0.270 e. The van der Waals surface area contributed by atoms with Crippen molar-refractivity contribution in [3.05, 3.63) is 105 Å². The molecule has 1 aliphatic heterocycles. The molecule has 1 aliphatic rings. The van der Waals surface area contributed by atoms with Gasteiger partial charge in [-0.05, 0) is 54.4 Å². The van der Waals surface area contributed by atoms with Crippen molar-refractivity contribution in [2.75, 3.05) is 11.4 Å². The fourth-order valence-electron chi connectivity index (χ4n) is 3.98. The molecule has 10 heteroatoms. The van der Waals surface area contributed by atoms with Crippen molar-refractivity contribution < 1.29 is 23.7 Å². The summed E-state index contributed by atoms with van der Waals surface area (Å²) in [5.74, 6) is -2.31. The van der Waals surface area contributed by atoms with Gasteiger partial charge in [0.05, 0.1) is 17.0 Å². The van der Waals surface area contributed by atoms with E-state index in [1.165, 1.54) is 35.2 Å². The lowest BCUT2D eigenvalue weighted by Crippen LogP contribution is -2.46. The summed E-state index contributed by atoms with van der Waals surface area (Å²) >= 11 is 6.06. The molecule has 35 heavy (non-hydrogen) atoms. The summed E-state index contributed by atoms with van der Waals surface area (Å²) in [7, 11) is 0. The van der Waals surface area contributed by atoms with Crippen LogP contribution in [0.3, 0.4) is 0 Å². The van der Waals surface area contributed by atoms with E-state index in [4.69, 9.17) is 11.6 Å². The number of nitro groups is 1. The van der Waals surface area contributed by atoms with Crippen molar-refractivity contribution in [1.82, 2.24) is 4.90 Å². The van der Waals surface area contributed by atoms with Crippen LogP contribution in [0.4, 0.5) is 15.8 Å². The molecule has 8 nitrogen and oxygen atoms in total. The highest BCUT2D eigenvalue weighted by molar-refractivity contribution is 6.30. The molecule has 4 rings (SSSR count). The Labute approximate surface area is 204 Å². The number of imide groups is 1. The van der Waals surface area contributed by atoms with Crippen molar-refractivity contribution in [3.8, 4) is 0 Å². The number of halogens is 2. The van der Waals surface area contributed by atoms with Gasteiger partial charge in [0, 0.05) is 29.3 Å². The molecule has 0 radical (unpaired) electrons. The van der Waals surface area contributed by atoms with E-state index in [1.54, 1.807) is 18.2 Å². The van der Waals surface area contributed by atoms with Crippen molar-refractivity contribution in [2.45, 2.75) is 18.9 Å². The third kappa shape index (κ3) is 5.20. The lowest BCUT2D eigenvalue weighted by molar-refractivity contribution is -0.384. The van der Waals surface area contributed by atoms with Gasteiger partial charge >= 0.3 is 0 Å². The third-order valence-corrected chi connectivity index (χ3v) is 5.91. The predicted octanol–water partition coefficient (Wildman–Crippen LogP) is 4.40. The summed E-state index contributed by atoms with van der Waals surface area (Å²) in [6.45, 7) is 0.0583. The van der Waals surface area contributed by atoms with Crippen LogP contribution in [0.15, 0.2) is 72.8 Å². The van der Waals surface area contributed by atoms with Gasteiger partial charge in [0.15, 0.2) is 0 Å². The quantitative estimate of drug-likeness (QED) is 0.274. The van der Waals surface area contributed by atoms with E-state index < -0.39 is 34.5 Å². The molecule has 0 saturated carbocycles. The Bertz CT molecular complexity index is 1310. The minimum absolute atomic E-state index is 0.0192. The SMILES string of the molecule is O=C1CC(N(CCc2cccc(Cl)c2)C(=O)c2cccc([N+](=O)[O-])c2)C(=O)N1c1ccc(F)cc1. The molecule has 0 aromatic heterocycles. The zero-order chi connectivity index (χ0) is 25.1. The van der Waals surface area contributed by atoms with Crippen molar-refractivity contribution in [2.24, 2.45) is 0 Å². The summed E-state index contributed by atoms with van der Waals surface area (Å²) in [6.07, 6.45) is 0.0577. The van der Waals surface area contributed by atoms with E-state index >= 15 is 0 Å². The van der Waals surface area contributed by atoms with E-state index in [1.807, 2.05) is 6.07 Å². The van der Waals surface area contributed by atoms with Gasteiger partial charge in [0.1, 0.15) is 11.9 Å². The monoisotopic (exact) mass is 495 g/mol. The minimum atomic E-state index is -1.13. The number of benzene rings is 3. The molecule has 1 atom stereocenters. The number of carbonyl (C=O) groups excluding carboxylic acids is 3. The molecule has 1 heterocycles. The summed E-state index contributed by atoms with van der Waals surface area (Å²) in [5, 5.41) is 11.7. The first-order valence-electron chi connectivity index (χ1n) is 10.7. The first-order valence-corrected chi connectivity index (χ1v) is 11.0. The van der Waals surface area contributed by atoms with Gasteiger partial charge in [-0.2, -0.15) is 0 Å². The number of nitro benzene ring substituents is 1. The van der Waals surface area contributed by atoms with E-state index in [2.05, 4.69) is 0 Å². The largest absolute Gasteiger partial charge is 0.326 e. The number of non-ortho nitro benzene ring substituents is 1. The number of anilines is 1. The average molecular weight is 496 g/mol. The van der Waals surface area contributed by atoms with Crippen molar-refractivity contribution in [3.63, 3.8) is 0 Å². The van der Waals surface area contributed by atoms with Crippen LogP contribution in [-0.2, 0) is 16.0 Å². The van der Waals surface area contributed by atoms with E-state index in [0.29, 0.717) is 11.4 Å². The first kappa shape index (κ1) is 24.0. The van der Waals surface area contributed by atoms with Gasteiger partial charge in [-0.1, -0.05) is 29.8 Å². The van der Waals surface area contributed by atoms with Gasteiger partial charge in [-0.15, -0.1) is 0 Å². The number of nitrogens with zero attached hydrogens (tertiary/aromatic N) is 3. The van der Waals surface area contributed by atoms with Crippen LogP contribution in [0.25, 0.3) is 0 Å². The van der Waals surface area contributed by atoms with Crippen molar-refractivity contribution >= 4 is 40.7 Å². The Morgan fingerprint density at radius 1 is 1.09 bits per heavy atom. The van der Waals surface area contributed by atoms with Crippen LogP contribution in [-0.4, -0.2) is 40.1 Å². The lowest BCUT2D eigenvalue weighted by Gasteiger charge is -2.28. The fourth-order valence-corrected chi connectivity index (χ4v) is 4.19. The minimum Gasteiger partial charge on any atom is -0.326 e. The third-order valence-electron chi connectivity index (χ3n) is 5.68. The molecule has 0 N–H and O–H groups in total. The second kappa shape index (κ2) is 10.0. The van der Waals surface area contributed by atoms with Crippen molar-refractivity contribution in [1.29, 1.82) is 0 Å². The molecule has 0 spiro atoms. The normalized spacial score (nSPS) is 15.4. The number of amides is 3. The molecule has 0 aliphatic carbocycles. The van der Waals surface area contributed by atoms with Crippen LogP contribution in [0.5, 0.6) is 0 Å². The van der Waals surface area contributed by atoms with Gasteiger partial charge < -0.3 is 4.90 Å². The first-order chi connectivity index (χ1) is 16.7. The number of rotatable bonds is 7. The van der Waals surface area contributed by atoms with Gasteiger partial charge in [-0.3, -0.25) is 24.5 Å². The summed E-state index contributed by atoms with van der Waals surface area (Å²) < 4.78 is 13.3. The smallest absolute Gasteiger partial charge is 0.270 e. The molecule has 3 amide bonds. The highest BCUT2D eigenvalue weighted by Gasteiger charge is 2.44. The van der Waals surface area contributed by atoms with Crippen LogP contribution in [0.2, 0.25) is 5.02 Å². The average Bonchev–Trinajstić information content (AvgIpc) is 3.13. The maximum atomic E-state index is 13.5. The number of hydrogen-bond acceptors (Lipinski definition) is 5. The predicted molar refractivity (Wildman–Crippen MR) is 127 cm³/mol. The lowest BCUT2D eigenvalue weighted by atomic mass is 10.1. The zero-order valence-electron chi connectivity index (χ0n) is 18.3. The topological polar surface area (TPSA) is 101 Å². The second-order valence-electron chi connectivity index (χ2n) is 7.95. The Morgan fingerprint density at radius 2 is 1.80 bits per heavy atom. The number of carbonyl (C=O) groups is 3. The molecule has 0 bridgehead atoms. The molecular formula is C25H19ClFN3O5. The fraction of sp³-hybridized carbons (Fsp3) is 0.160. The summed E-state index contributed by atoms with van der Waals surface area (Å²) in [5.41, 5.74) is 0.751. The van der Waals surface area contributed by atoms with Gasteiger partial charge in [-0.25, -0.2) is 9.29 Å². The maximum absolute atomic E-state index is 13.5. The summed E-state index contributed by atoms with van der Waals surface area (Å²) in [6, 6.07) is 16.0. The molecular weight excluding hydrogens is 477 g/mol. The Morgan fingerprint density at radius 3 is 2.49 bits per heavy atom. The standard InChI is InChI=1S/C25H19ClFN3O5/c26-18-5-1-3-16(13-18)11-12-28(24(32)17-4-2-6-21(14-17)30(34)35)22-15-23(31)29(25(22)33)20-9-7-19(27)8-10-20/h1-10,13-14,22H,11-12,15H2. The van der Waals surface area contributed by atoms with Gasteiger partial charge in [0.25, 0.3) is 17.5 Å². The Hall–Kier alpha value is -4.11. The molecule has 178 valence electrons. The van der Waals surface area contributed by atoms with E-state index in [0.717, 1.165) is 28.7 Å². The molecule has 1 unspecified atom stereocenters. The van der Waals surface area contributed by atoms with E-state index in [9.17, 15) is 28.9 Å². The molecule has 1 fully saturated rings. The highest BCUT2D eigenvalue weighted by Crippen LogP contribution is 2.28. The summed E-state index contributed by atoms with van der Waals surface area (Å²) in [4.78, 5) is 52.3. The Balaban J connectivity index is 1.66. The molecule has 1 saturated heterocycles. The van der Waals surface area contributed by atoms with Crippen LogP contribution >= 0.6 is 11.6 Å². The van der Waals surface area contributed by atoms with Gasteiger partial charge in [0.2, 0.25) is 5.91 Å². The van der Waals surface area contributed by atoms with Crippen LogP contribution in [0, 0.1) is 15.9 Å². The zero-order valence-corrected chi connectivity index (χ0v) is 19.0. The Kier molecular flexibility index (Phi) is 6.88. The van der Waals surface area contributed by atoms with E-state index in [-0.39, 0.29) is 29.9 Å². The highest BCUT2D eigenvalue weighted by atomic mass is 35.5. The molecule has 3 aromatic rings. The van der Waals surface area contributed by atoms with Crippen LogP contribution < -0.4 is 4.90 Å². The molecule has 3 aromatic carbocycles. The van der Waals surface area contributed by atoms with Crippen LogP contribution in [0.1, 0.15) is 22.3 Å². The second-order valence-corrected chi connectivity index (χ2v) is 8.39. The number of hydrogen-bond donors (Lipinski definition) is 0.